The van der Waals surface area contributed by atoms with Gasteiger partial charge in [0.2, 0.25) is 0 Å². The second-order valence-electron chi connectivity index (χ2n) is 28.0. The zero-order chi connectivity index (χ0) is 76.0. The van der Waals surface area contributed by atoms with Gasteiger partial charge in [-0.15, -0.1) is 0 Å². The molecule has 0 bridgehead atoms. The van der Waals surface area contributed by atoms with Gasteiger partial charge in [-0.05, 0) is 122 Å². The van der Waals surface area contributed by atoms with Crippen LogP contribution in [0.2, 0.25) is 0 Å². The van der Waals surface area contributed by atoms with Crippen LogP contribution in [-0.2, 0) is 65.4 Å². The first-order valence-electron chi connectivity index (χ1n) is 41.8. The summed E-state index contributed by atoms with van der Waals surface area (Å²) in [4.78, 5) is 73.1. The minimum atomic E-state index is -4.98. The van der Waals surface area contributed by atoms with E-state index in [1.54, 1.807) is 0 Å². The topological polar surface area (TPSA) is 237 Å². The number of ether oxygens (including phenoxy) is 4. The molecule has 0 aliphatic heterocycles. The molecule has 0 saturated carbocycles. The standard InChI is InChI=1S/C85H152O17P2/c1-5-9-13-17-21-25-29-33-37-38-39-40-44-46-50-54-58-62-66-70-83(88)96-76-81(102-85(90)72-68-64-60-56-52-48-43-36-32-28-24-20-16-12-8-4)78-100-104(93,94)98-74-79(86)73-97-103(91,92)99-77-80(101-84(89)71-67-63-59-55-51-47-42-35-31-27-23-19-15-11-7-3)75-95-82(87)69-65-61-57-53-49-45-41-34-30-26-22-18-14-10-6-2/h12,16,21,24-25,28,33-34,36-37,39-41,43,79-81,86H,5-11,13-15,17-20,22-23,26-27,29-32,35,38,42,44-78H2,1-4H3,(H,91,92)(H,93,94)/b16-12-,25-21-,28-24-,37-33-,40-39-,41-34-,43-36-. The van der Waals surface area contributed by atoms with Crippen LogP contribution in [0.25, 0.3) is 0 Å². The fourth-order valence-electron chi connectivity index (χ4n) is 11.5. The maximum absolute atomic E-state index is 13.1. The summed E-state index contributed by atoms with van der Waals surface area (Å²) < 4.78 is 68.7. The van der Waals surface area contributed by atoms with Gasteiger partial charge in [0.25, 0.3) is 0 Å². The van der Waals surface area contributed by atoms with Gasteiger partial charge in [-0.2, -0.15) is 0 Å². The number of carbonyl (C=O) groups is 4. The summed E-state index contributed by atoms with van der Waals surface area (Å²) in [5.74, 6) is -2.19. The molecule has 0 aliphatic carbocycles. The molecule has 0 aromatic carbocycles. The van der Waals surface area contributed by atoms with Crippen LogP contribution in [0, 0.1) is 0 Å². The van der Waals surface area contributed by atoms with Crippen molar-refractivity contribution in [1.82, 2.24) is 0 Å². The molecule has 0 aromatic heterocycles. The first kappa shape index (κ1) is 100. The molecule has 17 nitrogen and oxygen atoms in total. The van der Waals surface area contributed by atoms with Gasteiger partial charge >= 0.3 is 39.5 Å². The van der Waals surface area contributed by atoms with Crippen molar-refractivity contribution in [3.8, 4) is 0 Å². The Labute approximate surface area is 634 Å². The minimum Gasteiger partial charge on any atom is -0.462 e. The van der Waals surface area contributed by atoms with Crippen molar-refractivity contribution in [2.24, 2.45) is 0 Å². The van der Waals surface area contributed by atoms with Gasteiger partial charge in [0, 0.05) is 25.7 Å². The van der Waals surface area contributed by atoms with Crippen molar-refractivity contribution in [3.05, 3.63) is 85.1 Å². The number of hydrogen-bond acceptors (Lipinski definition) is 15. The molecule has 0 spiro atoms. The first-order chi connectivity index (χ1) is 50.7. The molecule has 604 valence electrons. The number of rotatable bonds is 79. The smallest absolute Gasteiger partial charge is 0.462 e. The number of allylic oxidation sites excluding steroid dienone is 14. The molecule has 0 rings (SSSR count). The lowest BCUT2D eigenvalue weighted by molar-refractivity contribution is -0.161. The molecule has 0 amide bonds. The van der Waals surface area contributed by atoms with E-state index in [4.69, 9.17) is 37.0 Å². The molecule has 3 N–H and O–H groups in total. The number of esters is 4. The van der Waals surface area contributed by atoms with E-state index in [1.165, 1.54) is 122 Å². The summed E-state index contributed by atoms with van der Waals surface area (Å²) in [5, 5.41) is 10.7. The van der Waals surface area contributed by atoms with Crippen LogP contribution in [0.5, 0.6) is 0 Å². The maximum atomic E-state index is 13.1. The van der Waals surface area contributed by atoms with Crippen molar-refractivity contribution in [3.63, 3.8) is 0 Å². The van der Waals surface area contributed by atoms with Crippen LogP contribution in [-0.4, -0.2) is 96.7 Å². The molecule has 0 radical (unpaired) electrons. The van der Waals surface area contributed by atoms with Gasteiger partial charge in [0.1, 0.15) is 19.3 Å². The fraction of sp³-hybridized carbons (Fsp3) is 0.788. The molecule has 0 aliphatic rings. The third kappa shape index (κ3) is 76.4. The molecule has 104 heavy (non-hydrogen) atoms. The van der Waals surface area contributed by atoms with Crippen LogP contribution in [0.4, 0.5) is 0 Å². The van der Waals surface area contributed by atoms with E-state index in [9.17, 15) is 43.2 Å². The molecular formula is C85H152O17P2. The number of phosphoric acid groups is 2. The number of aliphatic hydroxyl groups excluding tert-OH is 1. The lowest BCUT2D eigenvalue weighted by Crippen LogP contribution is -2.30. The fourth-order valence-corrected chi connectivity index (χ4v) is 13.1. The molecule has 0 heterocycles. The van der Waals surface area contributed by atoms with Gasteiger partial charge < -0.3 is 33.8 Å². The zero-order valence-corrected chi connectivity index (χ0v) is 68.0. The van der Waals surface area contributed by atoms with Crippen LogP contribution in [0.15, 0.2) is 85.1 Å². The minimum absolute atomic E-state index is 0.0736. The Kier molecular flexibility index (Phi) is 74.6. The average molecular weight is 1510 g/mol. The number of aliphatic hydroxyl groups is 1. The van der Waals surface area contributed by atoms with E-state index in [2.05, 4.69) is 113 Å². The number of hydrogen-bond donors (Lipinski definition) is 3. The molecule has 19 heteroatoms. The van der Waals surface area contributed by atoms with Gasteiger partial charge in [0.15, 0.2) is 12.2 Å². The Morgan fingerprint density at radius 3 is 0.798 bits per heavy atom. The highest BCUT2D eigenvalue weighted by Crippen LogP contribution is 2.45. The van der Waals surface area contributed by atoms with Crippen LogP contribution >= 0.6 is 15.6 Å². The first-order valence-corrected chi connectivity index (χ1v) is 44.8. The quantitative estimate of drug-likeness (QED) is 0.0169. The summed E-state index contributed by atoms with van der Waals surface area (Å²) in [6.07, 6.45) is 81.1. The second-order valence-corrected chi connectivity index (χ2v) is 30.9. The van der Waals surface area contributed by atoms with E-state index < -0.39 is 97.5 Å². The van der Waals surface area contributed by atoms with E-state index in [1.807, 2.05) is 0 Å². The largest absolute Gasteiger partial charge is 0.472 e. The van der Waals surface area contributed by atoms with Crippen LogP contribution < -0.4 is 0 Å². The van der Waals surface area contributed by atoms with Crippen LogP contribution in [0.3, 0.4) is 0 Å². The Bertz CT molecular complexity index is 2300. The Hall–Kier alpha value is -3.76. The molecule has 0 saturated heterocycles. The highest BCUT2D eigenvalue weighted by molar-refractivity contribution is 7.47. The number of carbonyl (C=O) groups excluding carboxylic acids is 4. The summed E-state index contributed by atoms with van der Waals surface area (Å²) in [6.45, 7) is 4.76. The van der Waals surface area contributed by atoms with Gasteiger partial charge in [-0.3, -0.25) is 37.3 Å². The zero-order valence-electron chi connectivity index (χ0n) is 66.2. The highest BCUT2D eigenvalue weighted by Gasteiger charge is 2.30. The summed E-state index contributed by atoms with van der Waals surface area (Å²) in [7, 11) is -9.96. The van der Waals surface area contributed by atoms with Crippen molar-refractivity contribution in [1.29, 1.82) is 0 Å². The Balaban J connectivity index is 5.36. The SMILES string of the molecule is CC/C=C\C/C=C\C/C=C\CCCCCCCC(=O)OC(COC(=O)CCCCCCCC/C=C\C/C=C\C/C=C\CCCCC)COP(=O)(O)OCC(O)COP(=O)(O)OCC(COC(=O)CCCCCCC/C=C\CCCCCCCC)OC(=O)CCCCCCCCCCCCCCCCC. The Morgan fingerprint density at radius 1 is 0.279 bits per heavy atom. The van der Waals surface area contributed by atoms with E-state index in [0.717, 1.165) is 173 Å². The molecule has 0 aromatic rings. The predicted molar refractivity (Wildman–Crippen MR) is 427 cm³/mol. The van der Waals surface area contributed by atoms with Crippen molar-refractivity contribution in [2.45, 2.75) is 393 Å². The second kappa shape index (κ2) is 77.4. The lowest BCUT2D eigenvalue weighted by atomic mass is 10.0. The summed E-state index contributed by atoms with van der Waals surface area (Å²) in [6, 6.07) is 0. The molecule has 5 unspecified atom stereocenters. The van der Waals surface area contributed by atoms with Crippen molar-refractivity contribution in [2.75, 3.05) is 39.6 Å². The van der Waals surface area contributed by atoms with Gasteiger partial charge in [-0.25, -0.2) is 9.13 Å². The van der Waals surface area contributed by atoms with E-state index in [-0.39, 0.29) is 25.7 Å². The number of phosphoric ester groups is 2. The van der Waals surface area contributed by atoms with Crippen molar-refractivity contribution >= 4 is 39.5 Å². The summed E-state index contributed by atoms with van der Waals surface area (Å²) >= 11 is 0. The van der Waals surface area contributed by atoms with E-state index >= 15 is 0 Å². The van der Waals surface area contributed by atoms with E-state index in [0.29, 0.717) is 25.7 Å². The third-order valence-corrected chi connectivity index (χ3v) is 19.7. The predicted octanol–water partition coefficient (Wildman–Crippen LogP) is 24.6. The maximum Gasteiger partial charge on any atom is 0.472 e. The molecule has 0 fully saturated rings. The normalized spacial score (nSPS) is 14.3. The third-order valence-electron chi connectivity index (χ3n) is 17.8. The molecular weight excluding hydrogens is 1350 g/mol. The number of unbranched alkanes of at least 4 members (excludes halogenated alkanes) is 39. The van der Waals surface area contributed by atoms with Gasteiger partial charge in [0.05, 0.1) is 26.4 Å². The highest BCUT2D eigenvalue weighted by atomic mass is 31.2. The van der Waals surface area contributed by atoms with Gasteiger partial charge in [-0.1, -0.05) is 312 Å². The van der Waals surface area contributed by atoms with Crippen molar-refractivity contribution < 1.29 is 80.2 Å². The van der Waals surface area contributed by atoms with Crippen LogP contribution in [0.1, 0.15) is 374 Å². The molecule has 5 atom stereocenters. The Morgan fingerprint density at radius 2 is 0.500 bits per heavy atom. The summed E-state index contributed by atoms with van der Waals surface area (Å²) in [5.41, 5.74) is 0. The lowest BCUT2D eigenvalue weighted by Gasteiger charge is -2.21. The monoisotopic (exact) mass is 1510 g/mol. The average Bonchev–Trinajstić information content (AvgIpc) is 0.999.